The van der Waals surface area contributed by atoms with Crippen LogP contribution in [0.25, 0.3) is 5.69 Å². The van der Waals surface area contributed by atoms with Gasteiger partial charge in [-0.1, -0.05) is 60.3 Å². The van der Waals surface area contributed by atoms with E-state index < -0.39 is 0 Å². The fraction of sp³-hybridized carbons (Fsp3) is 0.160. The maximum absolute atomic E-state index is 12.6. The molecule has 7 nitrogen and oxygen atoms in total. The predicted molar refractivity (Wildman–Crippen MR) is 132 cm³/mol. The van der Waals surface area contributed by atoms with Gasteiger partial charge in [-0.2, -0.15) is 0 Å². The molecule has 0 aliphatic rings. The van der Waals surface area contributed by atoms with Crippen molar-refractivity contribution in [3.8, 4) is 11.4 Å². The summed E-state index contributed by atoms with van der Waals surface area (Å²) < 4.78 is 7.39. The standard InChI is InChI=1S/C25H25N5O2S/c1-18-10-6-7-13-20(18)27-24(31)17-33-25-29-28-23(30(25)19-11-4-3-5-12-19)16-26-21-14-8-9-15-22(21)32-2/h3-15,26H,16-17H2,1-2H3,(H,27,31). The van der Waals surface area contributed by atoms with Gasteiger partial charge in [-0.15, -0.1) is 10.2 Å². The molecule has 0 atom stereocenters. The number of amides is 1. The Morgan fingerprint density at radius 3 is 2.39 bits per heavy atom. The van der Waals surface area contributed by atoms with Crippen LogP contribution in [0.5, 0.6) is 5.75 Å². The zero-order valence-corrected chi connectivity index (χ0v) is 19.3. The van der Waals surface area contributed by atoms with Crippen LogP contribution in [0.4, 0.5) is 11.4 Å². The number of nitrogens with zero attached hydrogens (tertiary/aromatic N) is 3. The summed E-state index contributed by atoms with van der Waals surface area (Å²) in [6.07, 6.45) is 0. The lowest BCUT2D eigenvalue weighted by molar-refractivity contribution is -0.113. The third-order valence-electron chi connectivity index (χ3n) is 5.01. The van der Waals surface area contributed by atoms with Crippen LogP contribution >= 0.6 is 11.8 Å². The molecule has 4 rings (SSSR count). The lowest BCUT2D eigenvalue weighted by Gasteiger charge is -2.13. The number of carbonyl (C=O) groups excluding carboxylic acids is 1. The average molecular weight is 460 g/mol. The first-order valence-electron chi connectivity index (χ1n) is 10.5. The number of ether oxygens (including phenoxy) is 1. The Kier molecular flexibility index (Phi) is 7.26. The highest BCUT2D eigenvalue weighted by Crippen LogP contribution is 2.26. The van der Waals surface area contributed by atoms with Crippen molar-refractivity contribution in [2.75, 3.05) is 23.5 Å². The van der Waals surface area contributed by atoms with Crippen LogP contribution in [-0.2, 0) is 11.3 Å². The molecular weight excluding hydrogens is 434 g/mol. The van der Waals surface area contributed by atoms with E-state index in [-0.39, 0.29) is 11.7 Å². The highest BCUT2D eigenvalue weighted by atomic mass is 32.2. The van der Waals surface area contributed by atoms with Crippen molar-refractivity contribution in [1.82, 2.24) is 14.8 Å². The molecule has 0 fully saturated rings. The van der Waals surface area contributed by atoms with E-state index >= 15 is 0 Å². The SMILES string of the molecule is COc1ccccc1NCc1nnc(SCC(=O)Nc2ccccc2C)n1-c1ccccc1. The first kappa shape index (κ1) is 22.4. The van der Waals surface area contributed by atoms with Crippen molar-refractivity contribution in [3.05, 3.63) is 90.3 Å². The molecule has 1 heterocycles. The number of anilines is 2. The number of hydrogen-bond donors (Lipinski definition) is 2. The van der Waals surface area contributed by atoms with E-state index in [4.69, 9.17) is 4.74 Å². The van der Waals surface area contributed by atoms with Crippen LogP contribution in [0.3, 0.4) is 0 Å². The molecule has 1 aromatic heterocycles. The van der Waals surface area contributed by atoms with Gasteiger partial charge in [0.25, 0.3) is 0 Å². The van der Waals surface area contributed by atoms with Gasteiger partial charge < -0.3 is 15.4 Å². The van der Waals surface area contributed by atoms with Crippen LogP contribution in [0, 0.1) is 6.92 Å². The Morgan fingerprint density at radius 2 is 1.64 bits per heavy atom. The largest absolute Gasteiger partial charge is 0.495 e. The van der Waals surface area contributed by atoms with E-state index in [0.717, 1.165) is 34.2 Å². The monoisotopic (exact) mass is 459 g/mol. The fourth-order valence-electron chi connectivity index (χ4n) is 3.34. The molecular formula is C25H25N5O2S. The second-order valence-electron chi connectivity index (χ2n) is 7.28. The van der Waals surface area contributed by atoms with E-state index in [1.54, 1.807) is 7.11 Å². The van der Waals surface area contributed by atoms with Gasteiger partial charge in [-0.3, -0.25) is 9.36 Å². The Balaban J connectivity index is 1.51. The number of aromatic nitrogens is 3. The molecule has 8 heteroatoms. The summed E-state index contributed by atoms with van der Waals surface area (Å²) in [6.45, 7) is 2.41. The molecule has 0 bridgehead atoms. The van der Waals surface area contributed by atoms with Crippen molar-refractivity contribution in [2.45, 2.75) is 18.6 Å². The van der Waals surface area contributed by atoms with Gasteiger partial charge in [0.15, 0.2) is 11.0 Å². The maximum Gasteiger partial charge on any atom is 0.234 e. The molecule has 4 aromatic rings. The van der Waals surface area contributed by atoms with E-state index in [1.807, 2.05) is 90.4 Å². The summed E-state index contributed by atoms with van der Waals surface area (Å²) in [5, 5.41) is 15.7. The molecule has 0 saturated carbocycles. The van der Waals surface area contributed by atoms with Crippen LogP contribution in [0.2, 0.25) is 0 Å². The number of methoxy groups -OCH3 is 1. The highest BCUT2D eigenvalue weighted by Gasteiger charge is 2.16. The summed E-state index contributed by atoms with van der Waals surface area (Å²) in [7, 11) is 1.64. The minimum atomic E-state index is -0.0920. The first-order chi connectivity index (χ1) is 16.2. The number of carbonyl (C=O) groups is 1. The summed E-state index contributed by atoms with van der Waals surface area (Å²) in [6, 6.07) is 25.3. The molecule has 2 N–H and O–H groups in total. The lowest BCUT2D eigenvalue weighted by Crippen LogP contribution is -2.15. The van der Waals surface area contributed by atoms with E-state index in [1.165, 1.54) is 11.8 Å². The molecule has 0 spiro atoms. The molecule has 0 saturated heterocycles. The molecule has 33 heavy (non-hydrogen) atoms. The third kappa shape index (κ3) is 5.53. The predicted octanol–water partition coefficient (Wildman–Crippen LogP) is 4.93. The summed E-state index contributed by atoms with van der Waals surface area (Å²) in [5.74, 6) is 1.62. The fourth-order valence-corrected chi connectivity index (χ4v) is 4.11. The van der Waals surface area contributed by atoms with Crippen LogP contribution in [0.15, 0.2) is 84.0 Å². The van der Waals surface area contributed by atoms with Crippen LogP contribution in [-0.4, -0.2) is 33.5 Å². The van der Waals surface area contributed by atoms with Crippen molar-refractivity contribution < 1.29 is 9.53 Å². The number of rotatable bonds is 9. The lowest BCUT2D eigenvalue weighted by atomic mass is 10.2. The number of aryl methyl sites for hydroxylation is 1. The third-order valence-corrected chi connectivity index (χ3v) is 5.94. The first-order valence-corrected chi connectivity index (χ1v) is 11.5. The number of nitrogens with one attached hydrogen (secondary N) is 2. The summed E-state index contributed by atoms with van der Waals surface area (Å²) in [4.78, 5) is 12.6. The minimum absolute atomic E-state index is 0.0920. The van der Waals surface area contributed by atoms with Gasteiger partial charge >= 0.3 is 0 Å². The van der Waals surface area contributed by atoms with Crippen LogP contribution < -0.4 is 15.4 Å². The Bertz CT molecular complexity index is 1230. The van der Waals surface area contributed by atoms with Crippen molar-refractivity contribution in [3.63, 3.8) is 0 Å². The molecule has 3 aromatic carbocycles. The Hall–Kier alpha value is -3.78. The van der Waals surface area contributed by atoms with Crippen LogP contribution in [0.1, 0.15) is 11.4 Å². The zero-order valence-electron chi connectivity index (χ0n) is 18.5. The van der Waals surface area contributed by atoms with E-state index in [9.17, 15) is 4.79 Å². The smallest absolute Gasteiger partial charge is 0.234 e. The number of hydrogen-bond acceptors (Lipinski definition) is 6. The quantitative estimate of drug-likeness (QED) is 0.346. The summed E-state index contributed by atoms with van der Waals surface area (Å²) in [5.41, 5.74) is 3.64. The van der Waals surface area contributed by atoms with Gasteiger partial charge in [0.05, 0.1) is 25.1 Å². The Labute approximate surface area is 197 Å². The van der Waals surface area contributed by atoms with E-state index in [2.05, 4.69) is 20.8 Å². The number of para-hydroxylation sites is 4. The molecule has 168 valence electrons. The Morgan fingerprint density at radius 1 is 0.939 bits per heavy atom. The van der Waals surface area contributed by atoms with Crippen molar-refractivity contribution >= 4 is 29.0 Å². The van der Waals surface area contributed by atoms with Crippen molar-refractivity contribution in [2.24, 2.45) is 0 Å². The van der Waals surface area contributed by atoms with Gasteiger partial charge in [0.2, 0.25) is 5.91 Å². The number of benzene rings is 3. The van der Waals surface area contributed by atoms with Gasteiger partial charge in [0, 0.05) is 11.4 Å². The van der Waals surface area contributed by atoms with E-state index in [0.29, 0.717) is 11.7 Å². The number of thioether (sulfide) groups is 1. The van der Waals surface area contributed by atoms with Gasteiger partial charge in [-0.05, 0) is 42.8 Å². The minimum Gasteiger partial charge on any atom is -0.495 e. The molecule has 1 amide bonds. The maximum atomic E-state index is 12.6. The second kappa shape index (κ2) is 10.7. The van der Waals surface area contributed by atoms with Gasteiger partial charge in [0.1, 0.15) is 5.75 Å². The van der Waals surface area contributed by atoms with Crippen molar-refractivity contribution in [1.29, 1.82) is 0 Å². The second-order valence-corrected chi connectivity index (χ2v) is 8.22. The molecule has 0 unspecified atom stereocenters. The molecule has 0 aliphatic carbocycles. The molecule has 0 radical (unpaired) electrons. The normalized spacial score (nSPS) is 10.6. The zero-order chi connectivity index (χ0) is 23.0. The van der Waals surface area contributed by atoms with Gasteiger partial charge in [-0.25, -0.2) is 0 Å². The highest BCUT2D eigenvalue weighted by molar-refractivity contribution is 7.99. The topological polar surface area (TPSA) is 81.1 Å². The summed E-state index contributed by atoms with van der Waals surface area (Å²) >= 11 is 1.35. The average Bonchev–Trinajstić information content (AvgIpc) is 3.26. The molecule has 0 aliphatic heterocycles.